The molecular formula is C27H29ClFN5O4. The summed E-state index contributed by atoms with van der Waals surface area (Å²) in [5.41, 5.74) is 1.96. The molecule has 2 atom stereocenters. The summed E-state index contributed by atoms with van der Waals surface area (Å²) in [6.07, 6.45) is 7.23. The highest BCUT2D eigenvalue weighted by atomic mass is 35.5. The quantitative estimate of drug-likeness (QED) is 0.283. The molecule has 2 saturated heterocycles. The first-order chi connectivity index (χ1) is 18.6. The van der Waals surface area contributed by atoms with E-state index in [-0.39, 0.29) is 17.3 Å². The van der Waals surface area contributed by atoms with E-state index in [1.54, 1.807) is 6.07 Å². The zero-order valence-corrected chi connectivity index (χ0v) is 21.5. The number of halogens is 2. The predicted octanol–water partition coefficient (Wildman–Crippen LogP) is 4.55. The zero-order chi connectivity index (χ0) is 26.3. The van der Waals surface area contributed by atoms with Crippen molar-refractivity contribution in [2.24, 2.45) is 0 Å². The van der Waals surface area contributed by atoms with E-state index < -0.39 is 5.82 Å². The van der Waals surface area contributed by atoms with E-state index in [1.807, 2.05) is 18.2 Å². The largest absolute Gasteiger partial charge is 0.489 e. The van der Waals surface area contributed by atoms with Gasteiger partial charge in [0.25, 0.3) is 0 Å². The molecule has 0 aliphatic carbocycles. The molecule has 1 aromatic heterocycles. The Labute approximate surface area is 224 Å². The number of rotatable bonds is 10. The van der Waals surface area contributed by atoms with Crippen molar-refractivity contribution in [1.82, 2.24) is 14.9 Å². The third kappa shape index (κ3) is 6.39. The van der Waals surface area contributed by atoms with Crippen LogP contribution in [0.3, 0.4) is 0 Å². The molecule has 11 heteroatoms. The van der Waals surface area contributed by atoms with Gasteiger partial charge in [-0.3, -0.25) is 9.69 Å². The van der Waals surface area contributed by atoms with Crippen LogP contribution >= 0.6 is 11.6 Å². The number of aldehydes is 1. The SMILES string of the molecule is O=CC=CC(Nc1cc2c(Nc3ccc(F)c(Cl)c3)ncnc2cc1OCC1CCCO1)N1CCOCC1. The fraction of sp³-hybridized carbons (Fsp3) is 0.370. The topological polar surface area (TPSA) is 97.8 Å². The fourth-order valence-electron chi connectivity index (χ4n) is 4.51. The molecule has 2 aromatic carbocycles. The van der Waals surface area contributed by atoms with Gasteiger partial charge in [-0.15, -0.1) is 0 Å². The summed E-state index contributed by atoms with van der Waals surface area (Å²) in [6, 6.07) is 8.16. The van der Waals surface area contributed by atoms with E-state index in [0.717, 1.165) is 31.1 Å². The Morgan fingerprint density at radius 1 is 1.21 bits per heavy atom. The van der Waals surface area contributed by atoms with Crippen molar-refractivity contribution in [3.05, 3.63) is 59.7 Å². The highest BCUT2D eigenvalue weighted by molar-refractivity contribution is 6.31. The number of hydrogen-bond donors (Lipinski definition) is 2. The minimum atomic E-state index is -0.498. The lowest BCUT2D eigenvalue weighted by Crippen LogP contribution is -2.46. The first-order valence-electron chi connectivity index (χ1n) is 12.6. The number of morpholine rings is 1. The molecule has 2 aliphatic heterocycles. The average Bonchev–Trinajstić information content (AvgIpc) is 3.46. The molecule has 0 saturated carbocycles. The Morgan fingerprint density at radius 3 is 2.84 bits per heavy atom. The van der Waals surface area contributed by atoms with Gasteiger partial charge in [0, 0.05) is 36.8 Å². The number of allylic oxidation sites excluding steroid dienone is 1. The lowest BCUT2D eigenvalue weighted by atomic mass is 10.1. The second kappa shape index (κ2) is 12.5. The maximum atomic E-state index is 13.7. The monoisotopic (exact) mass is 541 g/mol. The van der Waals surface area contributed by atoms with Crippen molar-refractivity contribution in [3.8, 4) is 5.75 Å². The van der Waals surface area contributed by atoms with Gasteiger partial charge in [0.05, 0.1) is 41.7 Å². The summed E-state index contributed by atoms with van der Waals surface area (Å²) >= 11 is 5.98. The molecule has 0 spiro atoms. The molecule has 0 amide bonds. The molecule has 2 N–H and O–H groups in total. The summed E-state index contributed by atoms with van der Waals surface area (Å²) in [6.45, 7) is 3.78. The van der Waals surface area contributed by atoms with Gasteiger partial charge in [0.15, 0.2) is 0 Å². The van der Waals surface area contributed by atoms with Gasteiger partial charge in [-0.25, -0.2) is 14.4 Å². The van der Waals surface area contributed by atoms with Crippen LogP contribution in [-0.4, -0.2) is 72.9 Å². The van der Waals surface area contributed by atoms with Gasteiger partial charge in [-0.05, 0) is 49.3 Å². The van der Waals surface area contributed by atoms with Crippen molar-refractivity contribution >= 4 is 46.0 Å². The summed E-state index contributed by atoms with van der Waals surface area (Å²) in [5.74, 6) is 0.639. The van der Waals surface area contributed by atoms with Crippen LogP contribution in [0.15, 0.2) is 48.8 Å². The number of nitrogens with one attached hydrogen (secondary N) is 2. The van der Waals surface area contributed by atoms with Gasteiger partial charge >= 0.3 is 0 Å². The van der Waals surface area contributed by atoms with Crippen LogP contribution in [0.25, 0.3) is 10.9 Å². The van der Waals surface area contributed by atoms with Gasteiger partial charge in [-0.1, -0.05) is 11.6 Å². The predicted molar refractivity (Wildman–Crippen MR) is 144 cm³/mol. The normalized spacial score (nSPS) is 19.1. The number of hydrogen-bond acceptors (Lipinski definition) is 9. The third-order valence-electron chi connectivity index (χ3n) is 6.48. The van der Waals surface area contributed by atoms with Crippen LogP contribution in [0.2, 0.25) is 5.02 Å². The average molecular weight is 542 g/mol. The number of benzene rings is 2. The molecule has 2 fully saturated rings. The first kappa shape index (κ1) is 26.3. The third-order valence-corrected chi connectivity index (χ3v) is 6.77. The van der Waals surface area contributed by atoms with Gasteiger partial charge < -0.3 is 24.8 Å². The highest BCUT2D eigenvalue weighted by Gasteiger charge is 2.22. The molecule has 5 rings (SSSR count). The molecule has 0 bridgehead atoms. The Kier molecular flexibility index (Phi) is 8.65. The lowest BCUT2D eigenvalue weighted by Gasteiger charge is -2.34. The number of aromatic nitrogens is 2. The van der Waals surface area contributed by atoms with Crippen molar-refractivity contribution < 1.29 is 23.4 Å². The van der Waals surface area contributed by atoms with Gasteiger partial charge in [0.1, 0.15) is 36.6 Å². The minimum absolute atomic E-state index is 0.0100. The summed E-state index contributed by atoms with van der Waals surface area (Å²) in [7, 11) is 0. The van der Waals surface area contributed by atoms with Gasteiger partial charge in [0.2, 0.25) is 0 Å². The van der Waals surface area contributed by atoms with Crippen LogP contribution in [0.5, 0.6) is 5.75 Å². The van der Waals surface area contributed by atoms with Gasteiger partial charge in [-0.2, -0.15) is 0 Å². The Morgan fingerprint density at radius 2 is 2.08 bits per heavy atom. The first-order valence-corrected chi connectivity index (χ1v) is 12.9. The Balaban J connectivity index is 1.50. The standard InChI is InChI=1S/C27H29ClFN5O4/c28-21-13-18(5-6-22(21)29)32-27-20-14-24(33-26(4-1-9-35)34-7-11-36-12-8-34)25(15-23(20)30-17-31-27)38-16-19-3-2-10-37-19/h1,4-6,9,13-15,17,19,26,33H,2-3,7-8,10-12,16H2,(H,30,31,32). The molecule has 3 heterocycles. The zero-order valence-electron chi connectivity index (χ0n) is 20.7. The van der Waals surface area contributed by atoms with E-state index in [2.05, 4.69) is 25.5 Å². The van der Waals surface area contributed by atoms with Crippen LogP contribution in [0.1, 0.15) is 12.8 Å². The summed E-state index contributed by atoms with van der Waals surface area (Å²) < 4.78 is 31.2. The minimum Gasteiger partial charge on any atom is -0.489 e. The van der Waals surface area contributed by atoms with Crippen molar-refractivity contribution in [2.75, 3.05) is 50.2 Å². The van der Waals surface area contributed by atoms with Crippen LogP contribution in [0, 0.1) is 5.82 Å². The number of carbonyl (C=O) groups is 1. The lowest BCUT2D eigenvalue weighted by molar-refractivity contribution is -0.104. The van der Waals surface area contributed by atoms with Crippen molar-refractivity contribution in [1.29, 1.82) is 0 Å². The van der Waals surface area contributed by atoms with E-state index >= 15 is 0 Å². The molecule has 3 aromatic rings. The van der Waals surface area contributed by atoms with E-state index in [4.69, 9.17) is 25.8 Å². The summed E-state index contributed by atoms with van der Waals surface area (Å²) in [5, 5.41) is 7.48. The Hall–Kier alpha value is -3.31. The maximum Gasteiger partial charge on any atom is 0.144 e. The number of carbonyl (C=O) groups excluding carboxylic acids is 1. The molecule has 200 valence electrons. The van der Waals surface area contributed by atoms with Crippen LogP contribution < -0.4 is 15.4 Å². The van der Waals surface area contributed by atoms with Crippen LogP contribution in [0.4, 0.5) is 21.6 Å². The molecular weight excluding hydrogens is 513 g/mol. The molecule has 2 unspecified atom stereocenters. The van der Waals surface area contributed by atoms with Crippen molar-refractivity contribution in [3.63, 3.8) is 0 Å². The fourth-order valence-corrected chi connectivity index (χ4v) is 4.69. The Bertz CT molecular complexity index is 1300. The second-order valence-corrected chi connectivity index (χ2v) is 9.45. The number of anilines is 3. The van der Waals surface area contributed by atoms with Crippen molar-refractivity contribution in [2.45, 2.75) is 25.1 Å². The van der Waals surface area contributed by atoms with E-state index in [0.29, 0.717) is 61.4 Å². The van der Waals surface area contributed by atoms with Crippen LogP contribution in [-0.2, 0) is 14.3 Å². The summed E-state index contributed by atoms with van der Waals surface area (Å²) in [4.78, 5) is 22.2. The smallest absolute Gasteiger partial charge is 0.144 e. The second-order valence-electron chi connectivity index (χ2n) is 9.05. The molecule has 9 nitrogen and oxygen atoms in total. The molecule has 0 radical (unpaired) electrons. The maximum absolute atomic E-state index is 13.7. The highest BCUT2D eigenvalue weighted by Crippen LogP contribution is 2.35. The van der Waals surface area contributed by atoms with E-state index in [9.17, 15) is 9.18 Å². The van der Waals surface area contributed by atoms with E-state index in [1.165, 1.54) is 24.5 Å². The number of fused-ring (bicyclic) bond motifs is 1. The number of ether oxygens (including phenoxy) is 3. The molecule has 38 heavy (non-hydrogen) atoms. The number of nitrogens with zero attached hydrogens (tertiary/aromatic N) is 3. The molecule has 2 aliphatic rings.